The Morgan fingerprint density at radius 1 is 1.00 bits per heavy atom. The largest absolute Gasteiger partial charge is 0.100 e. The van der Waals surface area contributed by atoms with Crippen molar-refractivity contribution in [2.45, 2.75) is 70.9 Å². The van der Waals surface area contributed by atoms with Crippen LogP contribution < -0.4 is 0 Å². The van der Waals surface area contributed by atoms with Gasteiger partial charge in [-0.3, -0.25) is 0 Å². The van der Waals surface area contributed by atoms with Gasteiger partial charge in [0, 0.05) is 0 Å². The Hall–Kier alpha value is 0.130. The van der Waals surface area contributed by atoms with Gasteiger partial charge in [-0.2, -0.15) is 0 Å². The van der Waals surface area contributed by atoms with E-state index >= 15 is 0 Å². The predicted octanol–water partition coefficient (Wildman–Crippen LogP) is 3.02. The van der Waals surface area contributed by atoms with E-state index in [4.69, 9.17) is 0 Å². The van der Waals surface area contributed by atoms with Crippen molar-refractivity contribution < 1.29 is 0 Å². The molecule has 0 spiro atoms. The summed E-state index contributed by atoms with van der Waals surface area (Å²) in [4.78, 5) is 0. The van der Waals surface area contributed by atoms with Crippen LogP contribution in [-0.4, -0.2) is 15.7 Å². The first-order valence-electron chi connectivity index (χ1n) is 7.90. The van der Waals surface area contributed by atoms with Gasteiger partial charge >= 0.3 is 0 Å². The number of hydrogen-bond donors (Lipinski definition) is 0. The number of hydrogen-bond acceptors (Lipinski definition) is 0. The first-order valence-corrected chi connectivity index (χ1v) is 7.90. The molecule has 2 aliphatic rings. The molecule has 2 fully saturated rings. The third-order valence-electron chi connectivity index (χ3n) is 6.88. The second-order valence-corrected chi connectivity index (χ2v) is 7.85. The van der Waals surface area contributed by atoms with E-state index in [2.05, 4.69) is 36.5 Å². The fourth-order valence-electron chi connectivity index (χ4n) is 4.62. The molecule has 0 nitrogen and oxygen atoms in total. The molecule has 2 rings (SSSR count). The van der Waals surface area contributed by atoms with Crippen LogP contribution in [0.15, 0.2) is 0 Å². The van der Waals surface area contributed by atoms with Crippen LogP contribution in [0.4, 0.5) is 0 Å². The van der Waals surface area contributed by atoms with Gasteiger partial charge in [0.25, 0.3) is 0 Å². The summed E-state index contributed by atoms with van der Waals surface area (Å²) in [5.41, 5.74) is 0.488. The van der Waals surface area contributed by atoms with E-state index in [1.807, 2.05) is 0 Å². The van der Waals surface area contributed by atoms with Gasteiger partial charge in [-0.1, -0.05) is 64.5 Å². The summed E-state index contributed by atoms with van der Waals surface area (Å²) in [5, 5.41) is 0.509. The third kappa shape index (κ3) is 2.22. The van der Waals surface area contributed by atoms with Crippen LogP contribution in [0.25, 0.3) is 0 Å². The summed E-state index contributed by atoms with van der Waals surface area (Å²) < 4.78 is 0. The average molecular weight is 232 g/mol. The number of fused-ring (bicyclic) bond motifs is 1. The predicted molar refractivity (Wildman–Crippen MR) is 82.0 cm³/mol. The van der Waals surface area contributed by atoms with Crippen LogP contribution in [0.1, 0.15) is 65.7 Å². The molecule has 2 heteroatoms. The first-order chi connectivity index (χ1) is 7.90. The molecule has 2 saturated carbocycles. The highest BCUT2D eigenvalue weighted by atomic mass is 14.5. The zero-order chi connectivity index (χ0) is 12.7. The third-order valence-corrected chi connectivity index (χ3v) is 6.88. The van der Waals surface area contributed by atoms with Crippen molar-refractivity contribution in [1.82, 2.24) is 0 Å². The quantitative estimate of drug-likeness (QED) is 0.656. The molecule has 0 aromatic rings. The molecule has 0 aromatic carbocycles. The van der Waals surface area contributed by atoms with Gasteiger partial charge in [-0.15, -0.1) is 0 Å². The van der Waals surface area contributed by atoms with Crippen molar-refractivity contribution in [1.29, 1.82) is 0 Å². The molecule has 2 aliphatic carbocycles. The van der Waals surface area contributed by atoms with Crippen LogP contribution in [0.3, 0.4) is 0 Å². The summed E-state index contributed by atoms with van der Waals surface area (Å²) in [7, 11) is 5.11. The van der Waals surface area contributed by atoms with E-state index in [0.29, 0.717) is 10.6 Å². The van der Waals surface area contributed by atoms with Crippen LogP contribution in [0, 0.1) is 23.2 Å². The summed E-state index contributed by atoms with van der Waals surface area (Å²) in [6, 6.07) is 0. The first kappa shape index (κ1) is 13.6. The summed E-state index contributed by atoms with van der Waals surface area (Å²) in [6.07, 6.45) is 10.4. The van der Waals surface area contributed by atoms with Crippen molar-refractivity contribution in [3.05, 3.63) is 0 Å². The van der Waals surface area contributed by atoms with Gasteiger partial charge in [0.2, 0.25) is 0 Å². The lowest BCUT2D eigenvalue weighted by Crippen LogP contribution is -2.44. The van der Waals surface area contributed by atoms with Crippen LogP contribution >= 0.6 is 0 Å². The van der Waals surface area contributed by atoms with Gasteiger partial charge in [0.05, 0.1) is 0 Å². The monoisotopic (exact) mass is 232 g/mol. The molecule has 3 atom stereocenters. The highest BCUT2D eigenvalue weighted by molar-refractivity contribution is 6.40. The van der Waals surface area contributed by atoms with E-state index in [0.717, 1.165) is 17.8 Å². The summed E-state index contributed by atoms with van der Waals surface area (Å²) >= 11 is 0. The normalized spacial score (nSPS) is 34.6. The van der Waals surface area contributed by atoms with E-state index in [1.54, 1.807) is 0 Å². The maximum atomic E-state index is 2.56. The zero-order valence-corrected chi connectivity index (χ0v) is 12.7. The molecule has 0 N–H and O–H groups in total. The lowest BCUT2D eigenvalue weighted by molar-refractivity contribution is 0.104. The fraction of sp³-hybridized carbons (Fsp3) is 1.00. The zero-order valence-electron chi connectivity index (χ0n) is 12.7. The van der Waals surface area contributed by atoms with Gasteiger partial charge in [0.15, 0.2) is 0 Å². The molecular weight excluding hydrogens is 202 g/mol. The van der Waals surface area contributed by atoms with E-state index in [-0.39, 0.29) is 0 Å². The fourth-order valence-corrected chi connectivity index (χ4v) is 4.62. The Labute approximate surface area is 110 Å². The summed E-state index contributed by atoms with van der Waals surface area (Å²) in [6.45, 7) is 7.35. The lowest BCUT2D eigenvalue weighted by atomic mass is 9.35. The standard InChI is InChI=1S/C15H30B2/c1-4-14(2,3)15(16,17)13-10-6-8-11-7-5-9-12(11)13/h11-13H,4-10,16-17H2,1-3H3. The van der Waals surface area contributed by atoms with Crippen molar-refractivity contribution in [2.24, 2.45) is 23.2 Å². The van der Waals surface area contributed by atoms with Crippen LogP contribution in [0.2, 0.25) is 5.21 Å². The van der Waals surface area contributed by atoms with Crippen LogP contribution in [-0.2, 0) is 0 Å². The second-order valence-electron chi connectivity index (χ2n) is 7.85. The van der Waals surface area contributed by atoms with E-state index < -0.39 is 0 Å². The Morgan fingerprint density at radius 3 is 2.18 bits per heavy atom. The highest BCUT2D eigenvalue weighted by Crippen LogP contribution is 2.58. The number of rotatable bonds is 3. The Morgan fingerprint density at radius 2 is 1.59 bits per heavy atom. The van der Waals surface area contributed by atoms with Crippen molar-refractivity contribution in [3.8, 4) is 0 Å². The Kier molecular flexibility index (Phi) is 3.72. The van der Waals surface area contributed by atoms with Crippen molar-refractivity contribution in [2.75, 3.05) is 0 Å². The molecule has 0 amide bonds. The second kappa shape index (κ2) is 4.67. The van der Waals surface area contributed by atoms with E-state index in [9.17, 15) is 0 Å². The minimum Gasteiger partial charge on any atom is -0.0766 e. The maximum Gasteiger partial charge on any atom is 0.100 e. The highest BCUT2D eigenvalue weighted by Gasteiger charge is 2.48. The van der Waals surface area contributed by atoms with Crippen molar-refractivity contribution in [3.63, 3.8) is 0 Å². The maximum absolute atomic E-state index is 2.56. The molecule has 0 aromatic heterocycles. The van der Waals surface area contributed by atoms with Gasteiger partial charge in [0.1, 0.15) is 15.7 Å². The molecular formula is C15H30B2. The molecule has 96 valence electrons. The van der Waals surface area contributed by atoms with Crippen molar-refractivity contribution >= 4 is 15.7 Å². The van der Waals surface area contributed by atoms with Crippen LogP contribution in [0.5, 0.6) is 0 Å². The molecule has 0 heterocycles. The van der Waals surface area contributed by atoms with E-state index in [1.165, 1.54) is 44.9 Å². The smallest absolute Gasteiger partial charge is 0.0766 e. The van der Waals surface area contributed by atoms with Gasteiger partial charge in [-0.25, -0.2) is 0 Å². The minimum absolute atomic E-state index is 0.488. The molecule has 0 radical (unpaired) electrons. The average Bonchev–Trinajstić information content (AvgIpc) is 2.76. The van der Waals surface area contributed by atoms with Gasteiger partial charge < -0.3 is 0 Å². The molecule has 0 saturated heterocycles. The summed E-state index contributed by atoms with van der Waals surface area (Å²) in [5.74, 6) is 3.13. The lowest BCUT2D eigenvalue weighted by Gasteiger charge is -2.52. The minimum atomic E-state index is 0.488. The molecule has 0 aliphatic heterocycles. The molecule has 17 heavy (non-hydrogen) atoms. The molecule has 0 bridgehead atoms. The topological polar surface area (TPSA) is 0 Å². The Balaban J connectivity index is 2.20. The Bertz CT molecular complexity index is 270. The molecule has 3 unspecified atom stereocenters. The SMILES string of the molecule is BC(B)(C1CCCC2CCCC21)C(C)(C)CC. The van der Waals surface area contributed by atoms with Gasteiger partial charge in [-0.05, 0) is 29.6 Å².